The van der Waals surface area contributed by atoms with Gasteiger partial charge in [0.25, 0.3) is 5.56 Å². The van der Waals surface area contributed by atoms with Crippen molar-refractivity contribution in [3.63, 3.8) is 0 Å². The Kier molecular flexibility index (Phi) is 5.79. The largest absolute Gasteiger partial charge is 0.394 e. The zero-order valence-electron chi connectivity index (χ0n) is 16.2. The lowest BCUT2D eigenvalue weighted by molar-refractivity contribution is -0.0555. The average molecular weight is 429 g/mol. The third kappa shape index (κ3) is 3.93. The van der Waals surface area contributed by atoms with Crippen LogP contribution in [0.1, 0.15) is 11.9 Å². The minimum absolute atomic E-state index is 0.199. The van der Waals surface area contributed by atoms with Crippen molar-refractivity contribution in [3.8, 4) is 11.1 Å². The van der Waals surface area contributed by atoms with Gasteiger partial charge < -0.3 is 20.1 Å². The second-order valence-electron chi connectivity index (χ2n) is 7.17. The van der Waals surface area contributed by atoms with Gasteiger partial charge in [-0.25, -0.2) is 9.18 Å². The number of rotatable bonds is 5. The van der Waals surface area contributed by atoms with Gasteiger partial charge in [0.2, 0.25) is 0 Å². The Balaban J connectivity index is 1.69. The van der Waals surface area contributed by atoms with Crippen LogP contribution in [0, 0.1) is 5.82 Å². The molecule has 0 radical (unpaired) electrons. The summed E-state index contributed by atoms with van der Waals surface area (Å²) in [5.74, 6) is -0.414. The predicted molar refractivity (Wildman–Crippen MR) is 107 cm³/mol. The highest BCUT2D eigenvalue weighted by atomic mass is 19.1. The topological polar surface area (TPSA) is 127 Å². The fourth-order valence-corrected chi connectivity index (χ4v) is 3.57. The molecule has 9 nitrogen and oxygen atoms in total. The van der Waals surface area contributed by atoms with E-state index >= 15 is 0 Å². The lowest BCUT2D eigenvalue weighted by atomic mass is 10.1. The molecule has 0 bridgehead atoms. The number of benzene rings is 1. The van der Waals surface area contributed by atoms with E-state index in [4.69, 9.17) is 4.74 Å². The first-order valence-corrected chi connectivity index (χ1v) is 9.55. The van der Waals surface area contributed by atoms with Gasteiger partial charge >= 0.3 is 5.69 Å². The zero-order valence-corrected chi connectivity index (χ0v) is 16.2. The maximum absolute atomic E-state index is 14.1. The quantitative estimate of drug-likeness (QED) is 0.516. The van der Waals surface area contributed by atoms with Crippen LogP contribution < -0.4 is 11.2 Å². The SMILES string of the molecule is O=c1ccn([C@@H]2O[C@H](CO)C(O)C2O)c(=O)n1Cc1cc(-c2ccccc2F)ccn1. The highest BCUT2D eigenvalue weighted by Crippen LogP contribution is 2.28. The molecule has 3 N–H and O–H groups in total. The Morgan fingerprint density at radius 2 is 1.87 bits per heavy atom. The number of ether oxygens (including phenoxy) is 1. The van der Waals surface area contributed by atoms with E-state index in [1.807, 2.05) is 0 Å². The molecular weight excluding hydrogens is 409 g/mol. The summed E-state index contributed by atoms with van der Waals surface area (Å²) in [5.41, 5.74) is -0.156. The third-order valence-electron chi connectivity index (χ3n) is 5.21. The smallest absolute Gasteiger partial charge is 0.333 e. The summed E-state index contributed by atoms with van der Waals surface area (Å²) in [5, 5.41) is 29.4. The number of hydrogen-bond acceptors (Lipinski definition) is 7. The Morgan fingerprint density at radius 3 is 2.58 bits per heavy atom. The van der Waals surface area contributed by atoms with Crippen molar-refractivity contribution < 1.29 is 24.4 Å². The van der Waals surface area contributed by atoms with Crippen LogP contribution in [0.15, 0.2) is 64.4 Å². The Bertz CT molecular complexity index is 1210. The number of aliphatic hydroxyl groups is 3. The number of aliphatic hydroxyl groups excluding tert-OH is 3. The number of pyridine rings is 1. The van der Waals surface area contributed by atoms with Crippen LogP contribution in [0.25, 0.3) is 11.1 Å². The Morgan fingerprint density at radius 1 is 1.10 bits per heavy atom. The van der Waals surface area contributed by atoms with E-state index in [1.54, 1.807) is 30.3 Å². The van der Waals surface area contributed by atoms with E-state index in [9.17, 15) is 29.3 Å². The molecule has 1 aromatic carbocycles. The van der Waals surface area contributed by atoms with Gasteiger partial charge in [0, 0.05) is 24.0 Å². The van der Waals surface area contributed by atoms with Gasteiger partial charge in [0.15, 0.2) is 6.23 Å². The highest BCUT2D eigenvalue weighted by molar-refractivity contribution is 5.63. The molecule has 1 aliphatic rings. The fraction of sp³-hybridized carbons (Fsp3) is 0.286. The van der Waals surface area contributed by atoms with Crippen molar-refractivity contribution in [2.75, 3.05) is 6.61 Å². The van der Waals surface area contributed by atoms with Gasteiger partial charge in [-0.1, -0.05) is 18.2 Å². The zero-order chi connectivity index (χ0) is 22.1. The van der Waals surface area contributed by atoms with Crippen LogP contribution in [0.3, 0.4) is 0 Å². The molecule has 31 heavy (non-hydrogen) atoms. The number of halogens is 1. The van der Waals surface area contributed by atoms with Crippen molar-refractivity contribution in [3.05, 3.63) is 87.2 Å². The molecule has 3 heterocycles. The minimum Gasteiger partial charge on any atom is -0.394 e. The van der Waals surface area contributed by atoms with Crippen LogP contribution in [-0.4, -0.2) is 54.4 Å². The second-order valence-corrected chi connectivity index (χ2v) is 7.17. The monoisotopic (exact) mass is 429 g/mol. The summed E-state index contributed by atoms with van der Waals surface area (Å²) in [4.78, 5) is 29.5. The fourth-order valence-electron chi connectivity index (χ4n) is 3.57. The highest BCUT2D eigenvalue weighted by Gasteiger charge is 2.43. The third-order valence-corrected chi connectivity index (χ3v) is 5.21. The molecule has 2 aromatic heterocycles. The summed E-state index contributed by atoms with van der Waals surface area (Å²) in [6.45, 7) is -0.745. The first-order chi connectivity index (χ1) is 14.9. The molecule has 0 spiro atoms. The second kappa shape index (κ2) is 8.52. The van der Waals surface area contributed by atoms with Crippen LogP contribution >= 0.6 is 0 Å². The van der Waals surface area contributed by atoms with Gasteiger partial charge in [0.05, 0.1) is 18.8 Å². The molecular formula is C21H20FN3O6. The van der Waals surface area contributed by atoms with Gasteiger partial charge in [-0.15, -0.1) is 0 Å². The number of nitrogens with zero attached hydrogens (tertiary/aromatic N) is 3. The molecule has 1 fully saturated rings. The molecule has 0 amide bonds. The molecule has 0 saturated carbocycles. The first-order valence-electron chi connectivity index (χ1n) is 9.55. The normalized spacial score (nSPS) is 23.2. The minimum atomic E-state index is -1.47. The van der Waals surface area contributed by atoms with E-state index < -0.39 is 48.2 Å². The van der Waals surface area contributed by atoms with Gasteiger partial charge in [-0.2, -0.15) is 0 Å². The number of hydrogen-bond donors (Lipinski definition) is 3. The lowest BCUT2D eigenvalue weighted by Gasteiger charge is -2.18. The first kappa shape index (κ1) is 21.1. The molecule has 3 aromatic rings. The van der Waals surface area contributed by atoms with Crippen LogP contribution in [-0.2, 0) is 11.3 Å². The van der Waals surface area contributed by atoms with Gasteiger partial charge in [0.1, 0.15) is 24.1 Å². The summed E-state index contributed by atoms with van der Waals surface area (Å²) in [7, 11) is 0. The van der Waals surface area contributed by atoms with E-state index in [1.165, 1.54) is 12.3 Å². The van der Waals surface area contributed by atoms with E-state index in [-0.39, 0.29) is 6.54 Å². The maximum atomic E-state index is 14.1. The Labute approximate surface area is 175 Å². The van der Waals surface area contributed by atoms with E-state index in [2.05, 4.69) is 4.98 Å². The summed E-state index contributed by atoms with van der Waals surface area (Å²) >= 11 is 0. The molecule has 1 saturated heterocycles. The van der Waals surface area contributed by atoms with Crippen molar-refractivity contribution >= 4 is 0 Å². The maximum Gasteiger partial charge on any atom is 0.333 e. The van der Waals surface area contributed by atoms with Crippen LogP contribution in [0.4, 0.5) is 4.39 Å². The van der Waals surface area contributed by atoms with Gasteiger partial charge in [-0.3, -0.25) is 18.9 Å². The predicted octanol–water partition coefficient (Wildman–Crippen LogP) is -0.129. The summed E-state index contributed by atoms with van der Waals surface area (Å²) in [6, 6.07) is 10.5. The van der Waals surface area contributed by atoms with Gasteiger partial charge in [-0.05, 0) is 23.8 Å². The molecule has 2 unspecified atom stereocenters. The van der Waals surface area contributed by atoms with E-state index in [0.29, 0.717) is 16.8 Å². The number of aromatic nitrogens is 3. The lowest BCUT2D eigenvalue weighted by Crippen LogP contribution is -2.43. The van der Waals surface area contributed by atoms with Crippen molar-refractivity contribution in [1.29, 1.82) is 0 Å². The van der Waals surface area contributed by atoms with Crippen molar-refractivity contribution in [2.45, 2.75) is 31.1 Å². The van der Waals surface area contributed by atoms with E-state index in [0.717, 1.165) is 21.4 Å². The average Bonchev–Trinajstić information content (AvgIpc) is 3.05. The van der Waals surface area contributed by atoms with Crippen molar-refractivity contribution in [2.24, 2.45) is 0 Å². The molecule has 4 atom stereocenters. The van der Waals surface area contributed by atoms with Crippen molar-refractivity contribution in [1.82, 2.24) is 14.1 Å². The molecule has 162 valence electrons. The summed E-state index contributed by atoms with van der Waals surface area (Å²) in [6.07, 6.45) is -2.58. The molecule has 10 heteroatoms. The Hall–Kier alpha value is -3.18. The molecule has 4 rings (SSSR count). The van der Waals surface area contributed by atoms with Crippen LogP contribution in [0.2, 0.25) is 0 Å². The summed E-state index contributed by atoms with van der Waals surface area (Å²) < 4.78 is 21.4. The molecule has 1 aliphatic heterocycles. The molecule has 0 aliphatic carbocycles. The standard InChI is InChI=1S/C21H20FN3O6/c22-15-4-2-1-3-14(15)12-5-7-23-13(9-12)10-25-17(27)6-8-24(21(25)30)20-19(29)18(28)16(11-26)31-20/h1-9,16,18-20,26,28-29H,10-11H2/t16-,18?,19?,20-/m1/s1. The van der Waals surface area contributed by atoms with Crippen LogP contribution in [0.5, 0.6) is 0 Å².